The smallest absolute Gasteiger partial charge is 0.481 e. The lowest BCUT2D eigenvalue weighted by molar-refractivity contribution is -0.192. The minimum atomic E-state index is -5.08. The number of alkyl halides is 3. The van der Waals surface area contributed by atoms with Crippen molar-refractivity contribution >= 4 is 62.4 Å². The van der Waals surface area contributed by atoms with E-state index in [1.165, 1.54) is 29.2 Å². The highest BCUT2D eigenvalue weighted by molar-refractivity contribution is 8.01. The molecule has 3 rings (SSSR count). The van der Waals surface area contributed by atoms with Gasteiger partial charge >= 0.3 is 24.1 Å². The van der Waals surface area contributed by atoms with Gasteiger partial charge in [0.15, 0.2) is 0 Å². The first-order valence-electron chi connectivity index (χ1n) is 13.0. The second-order valence-electron chi connectivity index (χ2n) is 9.33. The largest absolute Gasteiger partial charge is 0.490 e. The van der Waals surface area contributed by atoms with Gasteiger partial charge in [0.25, 0.3) is 0 Å². The molecule has 0 aliphatic rings. The summed E-state index contributed by atoms with van der Waals surface area (Å²) in [6.07, 6.45) is -1.18. The average Bonchev–Trinajstić information content (AvgIpc) is 3.41. The first-order valence-corrected chi connectivity index (χ1v) is 16.5. The number of hydrogen-bond acceptors (Lipinski definition) is 8. The number of carboxylic acids is 2. The second-order valence-corrected chi connectivity index (χ2v) is 13.4. The lowest BCUT2D eigenvalue weighted by atomic mass is 10.00. The first-order chi connectivity index (χ1) is 21.0. The fourth-order valence-corrected chi connectivity index (χ4v) is 7.70. The maximum absolute atomic E-state index is 13.5. The van der Waals surface area contributed by atoms with Crippen molar-refractivity contribution < 1.29 is 46.2 Å². The van der Waals surface area contributed by atoms with Crippen LogP contribution in [0.15, 0.2) is 62.5 Å². The minimum absolute atomic E-state index is 0.125. The highest BCUT2D eigenvalue weighted by Crippen LogP contribution is 2.38. The third-order valence-electron chi connectivity index (χ3n) is 5.94. The number of hydrogen-bond donors (Lipinski definition) is 6. The number of unbranched alkanes of at least 4 members (excludes halogenated alkanes) is 2. The number of urea groups is 1. The van der Waals surface area contributed by atoms with Crippen LogP contribution in [0.2, 0.25) is 0 Å². The number of aryl methyl sites for hydroxylation is 1. The Morgan fingerprint density at radius 3 is 2.27 bits per heavy atom. The van der Waals surface area contributed by atoms with Crippen LogP contribution in [-0.4, -0.2) is 61.4 Å². The number of thioether (sulfide) groups is 1. The fraction of sp³-hybridized carbons (Fsp3) is 0.286. The summed E-state index contributed by atoms with van der Waals surface area (Å²) in [5.74, 6) is -3.75. The van der Waals surface area contributed by atoms with Gasteiger partial charge in [0.2, 0.25) is 9.84 Å². The van der Waals surface area contributed by atoms with Crippen LogP contribution >= 0.6 is 23.1 Å². The highest BCUT2D eigenvalue weighted by Gasteiger charge is 2.38. The summed E-state index contributed by atoms with van der Waals surface area (Å²) in [7, 11) is -3.84. The number of nitrogens with two attached hydrogens (primary N) is 1. The van der Waals surface area contributed by atoms with Crippen LogP contribution in [0.25, 0.3) is 11.1 Å². The van der Waals surface area contributed by atoms with E-state index < -0.39 is 28.0 Å². The zero-order valence-electron chi connectivity index (χ0n) is 24.0. The molecule has 1 aromatic heterocycles. The van der Waals surface area contributed by atoms with E-state index in [0.29, 0.717) is 39.7 Å². The third kappa shape index (κ3) is 11.1. The number of carboxylic acid groups (broad SMARTS) is 2. The van der Waals surface area contributed by atoms with Crippen molar-refractivity contribution in [3.63, 3.8) is 0 Å². The van der Waals surface area contributed by atoms with E-state index in [-0.39, 0.29) is 28.1 Å². The van der Waals surface area contributed by atoms with E-state index in [4.69, 9.17) is 26.2 Å². The SMILES string of the molecule is CSc1sc(C(=N)N)cc1S(=O)(=O)c1cccc(-c2ccc(NC(=O)NCCCCCC(=O)O)cc2C)c1.O=C(O)C(F)(F)F. The molecule has 0 saturated carbocycles. The Hall–Kier alpha value is -4.09. The van der Waals surface area contributed by atoms with Gasteiger partial charge < -0.3 is 26.6 Å². The van der Waals surface area contributed by atoms with Crippen LogP contribution < -0.4 is 16.4 Å². The van der Waals surface area contributed by atoms with Crippen molar-refractivity contribution in [3.05, 3.63) is 59.0 Å². The van der Waals surface area contributed by atoms with Gasteiger partial charge in [-0.05, 0) is 73.0 Å². The van der Waals surface area contributed by atoms with E-state index in [9.17, 15) is 31.2 Å². The normalized spacial score (nSPS) is 11.2. The van der Waals surface area contributed by atoms with E-state index in [1.807, 2.05) is 25.1 Å². The fourth-order valence-electron chi connectivity index (χ4n) is 3.80. The number of carbonyl (C=O) groups is 3. The molecule has 0 aliphatic heterocycles. The molecule has 45 heavy (non-hydrogen) atoms. The van der Waals surface area contributed by atoms with Gasteiger partial charge in [-0.25, -0.2) is 18.0 Å². The Morgan fingerprint density at radius 2 is 1.71 bits per heavy atom. The summed E-state index contributed by atoms with van der Waals surface area (Å²) in [4.78, 5) is 32.3. The molecule has 0 unspecified atom stereocenters. The van der Waals surface area contributed by atoms with Crippen LogP contribution in [-0.2, 0) is 19.4 Å². The Balaban J connectivity index is 0.000000900. The summed E-state index contributed by atoms with van der Waals surface area (Å²) in [5, 5.41) is 29.0. The zero-order chi connectivity index (χ0) is 33.9. The summed E-state index contributed by atoms with van der Waals surface area (Å²) in [6, 6.07) is 13.2. The minimum Gasteiger partial charge on any atom is -0.481 e. The quantitative estimate of drug-likeness (QED) is 0.0575. The van der Waals surface area contributed by atoms with Crippen LogP contribution in [0.3, 0.4) is 0 Å². The molecule has 3 aromatic rings. The number of halogens is 3. The molecule has 11 nitrogen and oxygen atoms in total. The lowest BCUT2D eigenvalue weighted by Crippen LogP contribution is -2.29. The topological polar surface area (TPSA) is 200 Å². The summed E-state index contributed by atoms with van der Waals surface area (Å²) >= 11 is 2.48. The monoisotopic (exact) mass is 688 g/mol. The first kappa shape index (κ1) is 37.1. The van der Waals surface area contributed by atoms with E-state index >= 15 is 0 Å². The molecule has 7 N–H and O–H groups in total. The molecule has 17 heteroatoms. The van der Waals surface area contributed by atoms with Crippen molar-refractivity contribution in [2.24, 2.45) is 5.73 Å². The molecule has 0 atom stereocenters. The van der Waals surface area contributed by atoms with Gasteiger partial charge in [0.05, 0.1) is 18.9 Å². The van der Waals surface area contributed by atoms with Gasteiger partial charge in [-0.2, -0.15) is 13.2 Å². The number of sulfone groups is 1. The van der Waals surface area contributed by atoms with Gasteiger partial charge in [-0.3, -0.25) is 10.2 Å². The predicted octanol–water partition coefficient (Wildman–Crippen LogP) is 5.96. The summed E-state index contributed by atoms with van der Waals surface area (Å²) in [6.45, 7) is 2.33. The number of thiophene rings is 1. The Kier molecular flexibility index (Phi) is 13.4. The molecule has 0 spiro atoms. The van der Waals surface area contributed by atoms with E-state index in [0.717, 1.165) is 17.5 Å². The van der Waals surface area contributed by atoms with E-state index in [1.54, 1.807) is 30.5 Å². The molecule has 0 fully saturated rings. The maximum atomic E-state index is 13.5. The Bertz CT molecular complexity index is 1660. The van der Waals surface area contributed by atoms with Crippen LogP contribution in [0.1, 0.15) is 36.1 Å². The second kappa shape index (κ2) is 16.3. The number of benzene rings is 2. The Labute approximate surface area is 265 Å². The number of aliphatic carboxylic acids is 2. The van der Waals surface area contributed by atoms with Crippen LogP contribution in [0.4, 0.5) is 23.7 Å². The average molecular weight is 689 g/mol. The summed E-state index contributed by atoms with van der Waals surface area (Å²) in [5.41, 5.74) is 8.57. The van der Waals surface area contributed by atoms with Gasteiger partial charge in [-0.1, -0.05) is 24.6 Å². The number of amides is 2. The van der Waals surface area contributed by atoms with E-state index in [2.05, 4.69) is 10.6 Å². The van der Waals surface area contributed by atoms with Gasteiger partial charge in [0.1, 0.15) is 5.84 Å². The number of amidine groups is 1. The Morgan fingerprint density at radius 1 is 1.04 bits per heavy atom. The third-order valence-corrected chi connectivity index (χ3v) is 10.3. The van der Waals surface area contributed by atoms with Gasteiger partial charge in [0, 0.05) is 18.7 Å². The number of nitrogen functional groups attached to an aromatic ring is 1. The highest BCUT2D eigenvalue weighted by atomic mass is 32.2. The standard InChI is InChI=1S/C26H30N4O5S3.C2HF3O2/c1-16-13-18(30-26(33)29-12-5-3-4-9-23(31)32)10-11-20(16)17-7-6-8-19(14-17)38(34,35)22-15-21(24(27)28)37-25(22)36-2;3-2(4,5)1(6)7/h6-8,10-11,13-15H,3-5,9,12H2,1-2H3,(H3,27,28)(H,31,32)(H2,29,30,33);(H,6,7). The number of carbonyl (C=O) groups excluding carboxylic acids is 1. The number of nitrogens with one attached hydrogen (secondary N) is 3. The maximum Gasteiger partial charge on any atom is 0.490 e. The molecule has 1 heterocycles. The van der Waals surface area contributed by atoms with Crippen molar-refractivity contribution in [3.8, 4) is 11.1 Å². The molecule has 0 bridgehead atoms. The number of rotatable bonds is 12. The molecule has 2 amide bonds. The van der Waals surface area contributed by atoms with Crippen molar-refractivity contribution in [2.45, 2.75) is 52.8 Å². The molecule has 0 aliphatic carbocycles. The predicted molar refractivity (Wildman–Crippen MR) is 166 cm³/mol. The molecule has 0 radical (unpaired) electrons. The van der Waals surface area contributed by atoms with Crippen molar-refractivity contribution in [1.82, 2.24) is 5.32 Å². The van der Waals surface area contributed by atoms with Crippen molar-refractivity contribution in [2.75, 3.05) is 18.1 Å². The summed E-state index contributed by atoms with van der Waals surface area (Å²) < 4.78 is 59.2. The molecular formula is C28H31F3N4O7S3. The van der Waals surface area contributed by atoms with Gasteiger partial charge in [-0.15, -0.1) is 23.1 Å². The molecule has 2 aromatic carbocycles. The number of anilines is 1. The van der Waals surface area contributed by atoms with Crippen LogP contribution in [0, 0.1) is 12.3 Å². The van der Waals surface area contributed by atoms with Crippen LogP contribution in [0.5, 0.6) is 0 Å². The zero-order valence-corrected chi connectivity index (χ0v) is 26.5. The molecular weight excluding hydrogens is 658 g/mol. The molecule has 0 saturated heterocycles. The molecule has 244 valence electrons. The van der Waals surface area contributed by atoms with Crippen molar-refractivity contribution in [1.29, 1.82) is 5.41 Å². The lowest BCUT2D eigenvalue weighted by Gasteiger charge is -2.12.